The predicted molar refractivity (Wildman–Crippen MR) is 94.8 cm³/mol. The van der Waals surface area contributed by atoms with Crippen molar-refractivity contribution in [2.45, 2.75) is 25.2 Å². The number of benzene rings is 1. The van der Waals surface area contributed by atoms with E-state index in [2.05, 4.69) is 4.98 Å². The van der Waals surface area contributed by atoms with Crippen molar-refractivity contribution in [3.05, 3.63) is 58.2 Å². The lowest BCUT2D eigenvalue weighted by atomic mass is 9.93. The number of likely N-dealkylation sites (tertiary alicyclic amines) is 1. The van der Waals surface area contributed by atoms with Crippen LogP contribution in [-0.4, -0.2) is 28.9 Å². The van der Waals surface area contributed by atoms with E-state index in [1.807, 2.05) is 28.5 Å². The summed E-state index contributed by atoms with van der Waals surface area (Å²) in [7, 11) is 0. The molecule has 3 aromatic rings. The van der Waals surface area contributed by atoms with Gasteiger partial charge in [-0.25, -0.2) is 4.39 Å². The number of amides is 1. The van der Waals surface area contributed by atoms with Gasteiger partial charge in [0.1, 0.15) is 5.82 Å². The molecule has 3 heterocycles. The number of aromatic nitrogens is 1. The van der Waals surface area contributed by atoms with Crippen molar-refractivity contribution >= 4 is 28.1 Å². The van der Waals surface area contributed by atoms with E-state index in [9.17, 15) is 9.18 Å². The van der Waals surface area contributed by atoms with Crippen molar-refractivity contribution < 1.29 is 9.18 Å². The lowest BCUT2D eigenvalue weighted by molar-refractivity contribution is -0.131. The van der Waals surface area contributed by atoms with Gasteiger partial charge in [0.15, 0.2) is 0 Å². The highest BCUT2D eigenvalue weighted by Crippen LogP contribution is 2.30. The maximum Gasteiger partial charge on any atom is 0.227 e. The number of fused-ring (bicyclic) bond motifs is 1. The number of piperidine rings is 1. The van der Waals surface area contributed by atoms with Crippen molar-refractivity contribution in [1.29, 1.82) is 0 Å². The Morgan fingerprint density at radius 2 is 2.08 bits per heavy atom. The van der Waals surface area contributed by atoms with Gasteiger partial charge in [-0.15, -0.1) is 11.3 Å². The van der Waals surface area contributed by atoms with E-state index < -0.39 is 0 Å². The highest BCUT2D eigenvalue weighted by molar-refractivity contribution is 7.10. The first-order valence-electron chi connectivity index (χ1n) is 8.27. The molecule has 1 amide bonds. The monoisotopic (exact) mass is 342 g/mol. The molecule has 1 aliphatic heterocycles. The Balaban J connectivity index is 1.40. The fourth-order valence-corrected chi connectivity index (χ4v) is 4.16. The summed E-state index contributed by atoms with van der Waals surface area (Å²) >= 11 is 1.63. The Bertz CT molecular complexity index is 848. The first-order chi connectivity index (χ1) is 11.7. The SMILES string of the molecule is O=C(Cc1cccs1)N1CCC(c2cc3cc(F)ccc3[nH]2)CC1. The largest absolute Gasteiger partial charge is 0.358 e. The van der Waals surface area contributed by atoms with Gasteiger partial charge in [-0.3, -0.25) is 4.79 Å². The summed E-state index contributed by atoms with van der Waals surface area (Å²) in [4.78, 5) is 18.9. The predicted octanol–water partition coefficient (Wildman–Crippen LogP) is 4.32. The average molecular weight is 342 g/mol. The van der Waals surface area contributed by atoms with E-state index in [0.29, 0.717) is 12.3 Å². The van der Waals surface area contributed by atoms with Gasteiger partial charge in [0.05, 0.1) is 6.42 Å². The number of nitrogens with one attached hydrogen (secondary N) is 1. The minimum Gasteiger partial charge on any atom is -0.358 e. The molecule has 1 aliphatic rings. The molecule has 5 heteroatoms. The van der Waals surface area contributed by atoms with Crippen molar-refractivity contribution in [2.75, 3.05) is 13.1 Å². The Hall–Kier alpha value is -2.14. The van der Waals surface area contributed by atoms with Crippen LogP contribution < -0.4 is 0 Å². The molecule has 0 saturated carbocycles. The molecule has 0 bridgehead atoms. The zero-order valence-corrected chi connectivity index (χ0v) is 14.1. The number of thiophene rings is 1. The quantitative estimate of drug-likeness (QED) is 0.756. The van der Waals surface area contributed by atoms with Crippen molar-refractivity contribution in [3.63, 3.8) is 0 Å². The number of halogens is 1. The second kappa shape index (κ2) is 6.40. The summed E-state index contributed by atoms with van der Waals surface area (Å²) in [5, 5.41) is 2.93. The lowest BCUT2D eigenvalue weighted by Crippen LogP contribution is -2.38. The highest BCUT2D eigenvalue weighted by atomic mass is 32.1. The number of carbonyl (C=O) groups is 1. The van der Waals surface area contributed by atoms with Crippen molar-refractivity contribution in [1.82, 2.24) is 9.88 Å². The van der Waals surface area contributed by atoms with Gasteiger partial charge in [0.2, 0.25) is 5.91 Å². The van der Waals surface area contributed by atoms with Crippen LogP contribution in [0.2, 0.25) is 0 Å². The summed E-state index contributed by atoms with van der Waals surface area (Å²) < 4.78 is 13.3. The summed E-state index contributed by atoms with van der Waals surface area (Å²) in [5.74, 6) is 0.419. The van der Waals surface area contributed by atoms with Crippen LogP contribution >= 0.6 is 11.3 Å². The smallest absolute Gasteiger partial charge is 0.227 e. The summed E-state index contributed by atoms with van der Waals surface area (Å²) in [6, 6.07) is 10.9. The molecule has 4 rings (SSSR count). The summed E-state index contributed by atoms with van der Waals surface area (Å²) in [6.07, 6.45) is 2.41. The third-order valence-electron chi connectivity index (χ3n) is 4.80. The molecule has 1 fully saturated rings. The Labute approximate surface area is 144 Å². The van der Waals surface area contributed by atoms with Gasteiger partial charge in [-0.05, 0) is 48.6 Å². The summed E-state index contributed by atoms with van der Waals surface area (Å²) in [5.41, 5.74) is 2.13. The molecule has 0 unspecified atom stereocenters. The first-order valence-corrected chi connectivity index (χ1v) is 9.15. The van der Waals surface area contributed by atoms with E-state index in [0.717, 1.165) is 47.4 Å². The van der Waals surface area contributed by atoms with Crippen LogP contribution in [0, 0.1) is 5.82 Å². The van der Waals surface area contributed by atoms with Crippen LogP contribution in [0.3, 0.4) is 0 Å². The number of aromatic amines is 1. The Morgan fingerprint density at radius 3 is 2.83 bits per heavy atom. The topological polar surface area (TPSA) is 36.1 Å². The van der Waals surface area contributed by atoms with E-state index in [1.165, 1.54) is 6.07 Å². The van der Waals surface area contributed by atoms with E-state index >= 15 is 0 Å². The van der Waals surface area contributed by atoms with Crippen molar-refractivity contribution in [3.8, 4) is 0 Å². The van der Waals surface area contributed by atoms with Crippen LogP contribution in [-0.2, 0) is 11.2 Å². The molecule has 0 spiro atoms. The van der Waals surface area contributed by atoms with Gasteiger partial charge >= 0.3 is 0 Å². The maximum absolute atomic E-state index is 13.3. The molecule has 24 heavy (non-hydrogen) atoms. The van der Waals surface area contributed by atoms with Crippen molar-refractivity contribution in [2.24, 2.45) is 0 Å². The highest BCUT2D eigenvalue weighted by Gasteiger charge is 2.25. The van der Waals surface area contributed by atoms with E-state index in [1.54, 1.807) is 23.5 Å². The first kappa shape index (κ1) is 15.4. The Kier molecular flexibility index (Phi) is 4.10. The third kappa shape index (κ3) is 3.08. The van der Waals surface area contributed by atoms with Crippen LogP contribution in [0.5, 0.6) is 0 Å². The van der Waals surface area contributed by atoms with Crippen LogP contribution in [0.15, 0.2) is 41.8 Å². The number of carbonyl (C=O) groups excluding carboxylic acids is 1. The minimum absolute atomic E-state index is 0.206. The molecule has 1 aromatic carbocycles. The van der Waals surface area contributed by atoms with Gasteiger partial charge in [0, 0.05) is 40.5 Å². The van der Waals surface area contributed by atoms with E-state index in [-0.39, 0.29) is 11.7 Å². The fourth-order valence-electron chi connectivity index (χ4n) is 3.46. The molecule has 0 radical (unpaired) electrons. The third-order valence-corrected chi connectivity index (χ3v) is 5.67. The summed E-state index contributed by atoms with van der Waals surface area (Å²) in [6.45, 7) is 1.58. The standard InChI is InChI=1S/C19H19FN2OS/c20-15-3-4-17-14(10-15)11-18(21-17)13-5-7-22(8-6-13)19(23)12-16-2-1-9-24-16/h1-4,9-11,13,21H,5-8,12H2. The zero-order chi connectivity index (χ0) is 16.5. The van der Waals surface area contributed by atoms with Gasteiger partial charge in [-0.1, -0.05) is 6.07 Å². The molecule has 1 saturated heterocycles. The van der Waals surface area contributed by atoms with Crippen LogP contribution in [0.25, 0.3) is 10.9 Å². The van der Waals surface area contributed by atoms with Gasteiger partial charge in [0.25, 0.3) is 0 Å². The number of hydrogen-bond donors (Lipinski definition) is 1. The molecular weight excluding hydrogens is 323 g/mol. The molecule has 124 valence electrons. The van der Waals surface area contributed by atoms with Gasteiger partial charge in [-0.2, -0.15) is 0 Å². The zero-order valence-electron chi connectivity index (χ0n) is 13.3. The van der Waals surface area contributed by atoms with Crippen LogP contribution in [0.1, 0.15) is 29.3 Å². The molecular formula is C19H19FN2OS. The Morgan fingerprint density at radius 1 is 1.25 bits per heavy atom. The fraction of sp³-hybridized carbons (Fsp3) is 0.316. The lowest BCUT2D eigenvalue weighted by Gasteiger charge is -2.31. The molecule has 3 nitrogen and oxygen atoms in total. The molecule has 1 N–H and O–H groups in total. The average Bonchev–Trinajstić information content (AvgIpc) is 3.24. The number of H-pyrrole nitrogens is 1. The number of hydrogen-bond acceptors (Lipinski definition) is 2. The van der Waals surface area contributed by atoms with E-state index in [4.69, 9.17) is 0 Å². The number of nitrogens with zero attached hydrogens (tertiary/aromatic N) is 1. The maximum atomic E-state index is 13.3. The molecule has 0 atom stereocenters. The minimum atomic E-state index is -0.206. The van der Waals surface area contributed by atoms with Crippen LogP contribution in [0.4, 0.5) is 4.39 Å². The van der Waals surface area contributed by atoms with Gasteiger partial charge < -0.3 is 9.88 Å². The normalized spacial score (nSPS) is 16.0. The molecule has 2 aromatic heterocycles. The second-order valence-electron chi connectivity index (χ2n) is 6.37. The molecule has 0 aliphatic carbocycles. The second-order valence-corrected chi connectivity index (χ2v) is 7.40. The number of rotatable bonds is 3.